The highest BCUT2D eigenvalue weighted by Crippen LogP contribution is 2.47. The van der Waals surface area contributed by atoms with Gasteiger partial charge in [-0.2, -0.15) is 0 Å². The van der Waals surface area contributed by atoms with Crippen molar-refractivity contribution in [2.45, 2.75) is 108 Å². The molecule has 5 aromatic rings. The van der Waals surface area contributed by atoms with Crippen LogP contribution in [0.1, 0.15) is 70.9 Å². The third-order valence-electron chi connectivity index (χ3n) is 12.1. The molecule has 3 aromatic carbocycles. The van der Waals surface area contributed by atoms with Crippen LogP contribution in [0.25, 0.3) is 11.2 Å². The number of fused-ring (bicyclic) bond motifs is 1. The van der Waals surface area contributed by atoms with Gasteiger partial charge in [0.1, 0.15) is 11.9 Å². The van der Waals surface area contributed by atoms with Crippen LogP contribution in [-0.2, 0) is 19.1 Å². The van der Waals surface area contributed by atoms with Crippen LogP contribution in [-0.4, -0.2) is 55.0 Å². The van der Waals surface area contributed by atoms with Crippen LogP contribution in [0.15, 0.2) is 116 Å². The monoisotopic (exact) mass is 761 g/mol. The fraction of sp³-hybridized carbons (Fsp3) is 0.432. The van der Waals surface area contributed by atoms with E-state index in [0.29, 0.717) is 23.6 Å². The first kappa shape index (κ1) is 39.7. The summed E-state index contributed by atoms with van der Waals surface area (Å²) in [6.45, 7) is 27.5. The summed E-state index contributed by atoms with van der Waals surface area (Å²) in [7, 11) is -4.32. The molecule has 54 heavy (non-hydrogen) atoms. The molecule has 0 spiro atoms. The minimum Gasteiger partial charge on any atom is -0.414 e. The first-order valence-corrected chi connectivity index (χ1v) is 25.0. The molecule has 0 radical (unpaired) electrons. The van der Waals surface area contributed by atoms with E-state index in [1.54, 1.807) is 6.33 Å². The Morgan fingerprint density at radius 1 is 0.759 bits per heavy atom. The van der Waals surface area contributed by atoms with E-state index in [9.17, 15) is 0 Å². The molecule has 0 unspecified atom stereocenters. The number of anilines is 1. The third-order valence-corrected chi connectivity index (χ3v) is 21.1. The second-order valence-electron chi connectivity index (χ2n) is 17.7. The van der Waals surface area contributed by atoms with Gasteiger partial charge in [-0.15, -0.1) is 6.58 Å². The van der Waals surface area contributed by atoms with Crippen molar-refractivity contribution in [2.75, 3.05) is 11.9 Å². The lowest BCUT2D eigenvalue weighted by Gasteiger charge is -2.41. The molecule has 1 N–H and O–H groups in total. The van der Waals surface area contributed by atoms with Crippen LogP contribution < -0.4 is 5.32 Å². The van der Waals surface area contributed by atoms with Gasteiger partial charge in [0.25, 0.3) is 0 Å². The molecule has 3 heterocycles. The quantitative estimate of drug-likeness (QED) is 0.0726. The number of rotatable bonds is 13. The highest BCUT2D eigenvalue weighted by molar-refractivity contribution is 6.74. The Labute approximate surface area is 324 Å². The first-order valence-electron chi connectivity index (χ1n) is 19.2. The molecule has 0 bridgehead atoms. The number of nitrogens with zero attached hydrogens (tertiary/aromatic N) is 4. The minimum atomic E-state index is -2.26. The number of hydrogen-bond acceptors (Lipinski definition) is 7. The summed E-state index contributed by atoms with van der Waals surface area (Å²) >= 11 is 0. The van der Waals surface area contributed by atoms with Crippen LogP contribution in [0, 0.1) is 5.92 Å². The van der Waals surface area contributed by atoms with Crippen molar-refractivity contribution < 1.29 is 13.6 Å². The minimum absolute atomic E-state index is 0.00207. The molecule has 1 aliphatic heterocycles. The largest absolute Gasteiger partial charge is 0.414 e. The number of ether oxygens (including phenoxy) is 1. The molecule has 286 valence electrons. The van der Waals surface area contributed by atoms with E-state index in [-0.39, 0.29) is 28.2 Å². The predicted molar refractivity (Wildman–Crippen MR) is 226 cm³/mol. The standard InChI is InChI=1S/C44H59N5O3Si2/c1-12-22-35-36(29-50-53(8,9)42(2,3)4)51-41(38(35)52-54(10,11)43(5,6)7)49-31-47-37-39(45-30-46-40(37)49)48-44(32-23-16-13-17-24-32,33-25-18-14-19-26-33)34-27-20-15-21-28-34/h12-21,23-28,30-31,35-36,38,41H,1,22,29H2,2-11H3,(H,45,46,48)/t35-,36-,38-,41-/m1/s1. The lowest BCUT2D eigenvalue weighted by molar-refractivity contribution is -0.0451. The van der Waals surface area contributed by atoms with Crippen LogP contribution in [0.5, 0.6) is 0 Å². The van der Waals surface area contributed by atoms with E-state index in [2.05, 4.69) is 157 Å². The number of allylic oxidation sites excluding steroid dienone is 1. The van der Waals surface area contributed by atoms with Crippen molar-refractivity contribution in [2.24, 2.45) is 5.92 Å². The Morgan fingerprint density at radius 2 is 1.28 bits per heavy atom. The van der Waals surface area contributed by atoms with Crippen LogP contribution in [0.4, 0.5) is 5.82 Å². The lowest BCUT2D eigenvalue weighted by Crippen LogP contribution is -2.47. The molecule has 2 aromatic heterocycles. The van der Waals surface area contributed by atoms with Crippen LogP contribution in [0.3, 0.4) is 0 Å². The molecule has 0 aliphatic carbocycles. The van der Waals surface area contributed by atoms with Gasteiger partial charge in [-0.05, 0) is 59.4 Å². The van der Waals surface area contributed by atoms with Gasteiger partial charge in [0.2, 0.25) is 0 Å². The molecule has 1 saturated heterocycles. The van der Waals surface area contributed by atoms with Gasteiger partial charge in [0.15, 0.2) is 39.8 Å². The second-order valence-corrected chi connectivity index (χ2v) is 27.3. The molecule has 10 heteroatoms. The molecule has 0 amide bonds. The van der Waals surface area contributed by atoms with E-state index in [1.165, 1.54) is 0 Å². The number of benzene rings is 3. The Morgan fingerprint density at radius 3 is 1.76 bits per heavy atom. The highest BCUT2D eigenvalue weighted by atomic mass is 28.4. The topological polar surface area (TPSA) is 83.3 Å². The van der Waals surface area contributed by atoms with Crippen molar-refractivity contribution in [3.05, 3.63) is 133 Å². The normalized spacial score (nSPS) is 20.0. The van der Waals surface area contributed by atoms with Crippen LogP contribution in [0.2, 0.25) is 36.3 Å². The maximum absolute atomic E-state index is 7.34. The predicted octanol–water partition coefficient (Wildman–Crippen LogP) is 10.7. The van der Waals surface area contributed by atoms with Gasteiger partial charge >= 0.3 is 0 Å². The van der Waals surface area contributed by atoms with E-state index in [1.807, 2.05) is 30.6 Å². The molecule has 1 fully saturated rings. The lowest BCUT2D eigenvalue weighted by atomic mass is 9.77. The van der Waals surface area contributed by atoms with Crippen molar-refractivity contribution in [1.82, 2.24) is 19.5 Å². The molecule has 1 aliphatic rings. The van der Waals surface area contributed by atoms with Gasteiger partial charge in [-0.25, -0.2) is 15.0 Å². The fourth-order valence-electron chi connectivity index (χ4n) is 6.90. The van der Waals surface area contributed by atoms with Crippen molar-refractivity contribution in [1.29, 1.82) is 0 Å². The van der Waals surface area contributed by atoms with Crippen LogP contribution >= 0.6 is 0 Å². The summed E-state index contributed by atoms with van der Waals surface area (Å²) in [5, 5.41) is 4.00. The summed E-state index contributed by atoms with van der Waals surface area (Å²) in [5.74, 6) is 0.654. The Hall–Kier alpha value is -3.94. The molecular formula is C44H59N5O3Si2. The Bertz CT molecular complexity index is 1910. The third kappa shape index (κ3) is 7.64. The number of aromatic nitrogens is 4. The fourth-order valence-corrected chi connectivity index (χ4v) is 9.24. The average Bonchev–Trinajstić information content (AvgIpc) is 3.71. The van der Waals surface area contributed by atoms with Gasteiger partial charge < -0.3 is 18.9 Å². The van der Waals surface area contributed by atoms with Gasteiger partial charge in [-0.3, -0.25) is 4.57 Å². The molecule has 4 atom stereocenters. The highest BCUT2D eigenvalue weighted by Gasteiger charge is 2.51. The summed E-state index contributed by atoms with van der Waals surface area (Å²) < 4.78 is 23.3. The number of hydrogen-bond donors (Lipinski definition) is 1. The zero-order valence-corrected chi connectivity index (χ0v) is 35.8. The molecule has 8 nitrogen and oxygen atoms in total. The van der Waals surface area contributed by atoms with Crippen molar-refractivity contribution >= 4 is 33.6 Å². The summed E-state index contributed by atoms with van der Waals surface area (Å²) in [5.41, 5.74) is 3.77. The summed E-state index contributed by atoms with van der Waals surface area (Å²) in [4.78, 5) is 14.8. The van der Waals surface area contributed by atoms with E-state index < -0.39 is 28.4 Å². The zero-order valence-electron chi connectivity index (χ0n) is 33.8. The van der Waals surface area contributed by atoms with Gasteiger partial charge in [0, 0.05) is 5.92 Å². The summed E-state index contributed by atoms with van der Waals surface area (Å²) in [6.07, 6.45) is 5.25. The maximum Gasteiger partial charge on any atom is 0.192 e. The average molecular weight is 762 g/mol. The first-order chi connectivity index (χ1) is 25.5. The molecular weight excluding hydrogens is 703 g/mol. The number of imidazole rings is 1. The van der Waals surface area contributed by atoms with Gasteiger partial charge in [-0.1, -0.05) is 139 Å². The van der Waals surface area contributed by atoms with Crippen molar-refractivity contribution in [3.63, 3.8) is 0 Å². The van der Waals surface area contributed by atoms with E-state index in [4.69, 9.17) is 28.5 Å². The van der Waals surface area contributed by atoms with Crippen molar-refractivity contribution in [3.8, 4) is 0 Å². The van der Waals surface area contributed by atoms with E-state index >= 15 is 0 Å². The molecule has 0 saturated carbocycles. The molecule has 6 rings (SSSR count). The summed E-state index contributed by atoms with van der Waals surface area (Å²) in [6, 6.07) is 31.5. The smallest absolute Gasteiger partial charge is 0.192 e. The van der Waals surface area contributed by atoms with Gasteiger partial charge in [0.05, 0.1) is 25.1 Å². The Kier molecular flexibility index (Phi) is 11.3. The number of nitrogens with one attached hydrogen (secondary N) is 1. The second kappa shape index (κ2) is 15.3. The Balaban J connectivity index is 1.47. The maximum atomic E-state index is 7.34. The van der Waals surface area contributed by atoms with E-state index in [0.717, 1.165) is 23.1 Å². The SMILES string of the molecule is C=CC[C@H]1[C@@H](O[Si](C)(C)C(C)(C)C)[C@H](n2cnc3c(NC(c4ccccc4)(c4ccccc4)c4ccccc4)ncnc32)O[C@@H]1CO[Si](C)(C)C(C)(C)C. The zero-order chi connectivity index (χ0) is 38.9.